The quantitative estimate of drug-likeness (QED) is 0.801. The van der Waals surface area contributed by atoms with Gasteiger partial charge in [-0.2, -0.15) is 0 Å². The number of esters is 1. The van der Waals surface area contributed by atoms with Gasteiger partial charge in [0.2, 0.25) is 5.91 Å². The Balaban J connectivity index is 1.75. The van der Waals surface area contributed by atoms with E-state index < -0.39 is 12.0 Å². The van der Waals surface area contributed by atoms with Crippen molar-refractivity contribution in [3.05, 3.63) is 35.9 Å². The van der Waals surface area contributed by atoms with Gasteiger partial charge >= 0.3 is 5.97 Å². The van der Waals surface area contributed by atoms with E-state index in [0.29, 0.717) is 6.54 Å². The Morgan fingerprint density at radius 1 is 1.38 bits per heavy atom. The van der Waals surface area contributed by atoms with E-state index >= 15 is 0 Å². The number of piperidine rings is 1. The van der Waals surface area contributed by atoms with Crippen molar-refractivity contribution in [1.82, 2.24) is 10.6 Å². The Bertz CT molecular complexity index is 470. The van der Waals surface area contributed by atoms with Gasteiger partial charge in [0.15, 0.2) is 0 Å². The number of carbonyl (C=O) groups is 2. The molecule has 2 rings (SSSR count). The first-order chi connectivity index (χ1) is 10.2. The molecule has 1 aromatic rings. The van der Waals surface area contributed by atoms with E-state index in [1.165, 1.54) is 0 Å². The lowest BCUT2D eigenvalue weighted by Crippen LogP contribution is -2.46. The van der Waals surface area contributed by atoms with Gasteiger partial charge in [0.05, 0.1) is 5.92 Å². The summed E-state index contributed by atoms with van der Waals surface area (Å²) >= 11 is 0. The van der Waals surface area contributed by atoms with E-state index in [9.17, 15) is 9.59 Å². The third-order valence-electron chi connectivity index (χ3n) is 3.60. The molecule has 0 spiro atoms. The highest BCUT2D eigenvalue weighted by molar-refractivity contribution is 5.85. The fourth-order valence-electron chi connectivity index (χ4n) is 2.32. The number of nitrogens with one attached hydrogen (secondary N) is 2. The average Bonchev–Trinajstić information content (AvgIpc) is 2.54. The van der Waals surface area contributed by atoms with Crippen LogP contribution in [-0.4, -0.2) is 31.0 Å². The predicted octanol–water partition coefficient (Wildman–Crippen LogP) is 1.23. The lowest BCUT2D eigenvalue weighted by Gasteiger charge is -2.23. The van der Waals surface area contributed by atoms with Gasteiger partial charge in [0.25, 0.3) is 0 Å². The maximum atomic E-state index is 12.0. The van der Waals surface area contributed by atoms with Gasteiger partial charge in [-0.1, -0.05) is 30.3 Å². The van der Waals surface area contributed by atoms with Crippen LogP contribution in [0.1, 0.15) is 25.3 Å². The van der Waals surface area contributed by atoms with Gasteiger partial charge in [0.1, 0.15) is 12.6 Å². The van der Waals surface area contributed by atoms with Crippen LogP contribution in [0.25, 0.3) is 0 Å². The number of hydrogen-bond donors (Lipinski definition) is 2. The lowest BCUT2D eigenvalue weighted by molar-refractivity contribution is -0.149. The molecule has 0 aromatic heterocycles. The molecule has 1 amide bonds. The molecule has 1 unspecified atom stereocenters. The van der Waals surface area contributed by atoms with E-state index in [1.54, 1.807) is 6.92 Å². The van der Waals surface area contributed by atoms with E-state index in [2.05, 4.69) is 10.6 Å². The number of carbonyl (C=O) groups excluding carboxylic acids is 2. The lowest BCUT2D eigenvalue weighted by atomic mass is 9.98. The summed E-state index contributed by atoms with van der Waals surface area (Å²) < 4.78 is 5.21. The van der Waals surface area contributed by atoms with Gasteiger partial charge in [-0.25, -0.2) is 4.79 Å². The standard InChI is InChI=1S/C16H22N2O3/c1-12(18-15(19)14-8-5-9-17-10-14)16(20)21-11-13-6-3-2-4-7-13/h2-4,6-7,12,14,17H,5,8-11H2,1H3,(H,18,19)/t12-,14?/m0/s1. The Kier molecular flexibility index (Phi) is 5.75. The largest absolute Gasteiger partial charge is 0.459 e. The Morgan fingerprint density at radius 2 is 2.14 bits per heavy atom. The van der Waals surface area contributed by atoms with Gasteiger partial charge in [-0.05, 0) is 31.9 Å². The Morgan fingerprint density at radius 3 is 2.81 bits per heavy atom. The first kappa shape index (κ1) is 15.5. The summed E-state index contributed by atoms with van der Waals surface area (Å²) in [5.41, 5.74) is 0.931. The summed E-state index contributed by atoms with van der Waals surface area (Å²) in [7, 11) is 0. The van der Waals surface area contributed by atoms with Crippen molar-refractivity contribution >= 4 is 11.9 Å². The van der Waals surface area contributed by atoms with Crippen molar-refractivity contribution in [2.75, 3.05) is 13.1 Å². The van der Waals surface area contributed by atoms with Crippen molar-refractivity contribution in [2.24, 2.45) is 5.92 Å². The zero-order chi connectivity index (χ0) is 15.1. The highest BCUT2D eigenvalue weighted by Gasteiger charge is 2.24. The summed E-state index contributed by atoms with van der Waals surface area (Å²) in [6, 6.07) is 8.86. The van der Waals surface area contributed by atoms with E-state index in [4.69, 9.17) is 4.74 Å². The monoisotopic (exact) mass is 290 g/mol. The van der Waals surface area contributed by atoms with Crippen molar-refractivity contribution < 1.29 is 14.3 Å². The molecule has 21 heavy (non-hydrogen) atoms. The van der Waals surface area contributed by atoms with Gasteiger partial charge in [-0.3, -0.25) is 4.79 Å². The summed E-state index contributed by atoms with van der Waals surface area (Å²) in [4.78, 5) is 23.9. The zero-order valence-corrected chi connectivity index (χ0v) is 12.3. The number of ether oxygens (including phenoxy) is 1. The highest BCUT2D eigenvalue weighted by Crippen LogP contribution is 2.10. The second-order valence-corrected chi connectivity index (χ2v) is 5.37. The summed E-state index contributed by atoms with van der Waals surface area (Å²) in [6.45, 7) is 3.52. The number of hydrogen-bond acceptors (Lipinski definition) is 4. The predicted molar refractivity (Wildman–Crippen MR) is 79.4 cm³/mol. The van der Waals surface area contributed by atoms with Gasteiger partial charge in [-0.15, -0.1) is 0 Å². The number of rotatable bonds is 5. The molecule has 0 radical (unpaired) electrons. The maximum Gasteiger partial charge on any atom is 0.328 e. The Labute approximate surface area is 125 Å². The molecule has 0 saturated carbocycles. The van der Waals surface area contributed by atoms with Crippen LogP contribution in [-0.2, 0) is 20.9 Å². The maximum absolute atomic E-state index is 12.0. The fraction of sp³-hybridized carbons (Fsp3) is 0.500. The molecule has 5 heteroatoms. The smallest absolute Gasteiger partial charge is 0.328 e. The molecule has 1 fully saturated rings. The third kappa shape index (κ3) is 4.86. The van der Waals surface area contributed by atoms with Crippen LogP contribution in [0, 0.1) is 5.92 Å². The minimum Gasteiger partial charge on any atom is -0.459 e. The topological polar surface area (TPSA) is 67.4 Å². The second-order valence-electron chi connectivity index (χ2n) is 5.37. The average molecular weight is 290 g/mol. The van der Waals surface area contributed by atoms with Crippen LogP contribution < -0.4 is 10.6 Å². The molecule has 1 aromatic carbocycles. The summed E-state index contributed by atoms with van der Waals surface area (Å²) in [6.07, 6.45) is 1.86. The third-order valence-corrected chi connectivity index (χ3v) is 3.60. The molecular weight excluding hydrogens is 268 g/mol. The first-order valence-electron chi connectivity index (χ1n) is 7.38. The highest BCUT2D eigenvalue weighted by atomic mass is 16.5. The summed E-state index contributed by atoms with van der Waals surface area (Å²) in [5, 5.41) is 5.92. The molecule has 2 atom stereocenters. The molecule has 0 bridgehead atoms. The number of amides is 1. The molecule has 5 nitrogen and oxygen atoms in total. The molecule has 0 aliphatic carbocycles. The van der Waals surface area contributed by atoms with Crippen LogP contribution in [0.4, 0.5) is 0 Å². The minimum absolute atomic E-state index is 0.0527. The molecule has 114 valence electrons. The van der Waals surface area contributed by atoms with Crippen molar-refractivity contribution in [3.8, 4) is 0 Å². The van der Waals surface area contributed by atoms with Crippen LogP contribution in [0.15, 0.2) is 30.3 Å². The van der Waals surface area contributed by atoms with Crippen molar-refractivity contribution in [3.63, 3.8) is 0 Å². The molecule has 1 aliphatic rings. The van der Waals surface area contributed by atoms with Crippen LogP contribution in [0.2, 0.25) is 0 Å². The minimum atomic E-state index is -0.622. The SMILES string of the molecule is C[C@H](NC(=O)C1CCCNC1)C(=O)OCc1ccccc1. The molecule has 2 N–H and O–H groups in total. The van der Waals surface area contributed by atoms with Crippen molar-refractivity contribution in [1.29, 1.82) is 0 Å². The zero-order valence-electron chi connectivity index (χ0n) is 12.3. The van der Waals surface area contributed by atoms with Crippen molar-refractivity contribution in [2.45, 2.75) is 32.4 Å². The van der Waals surface area contributed by atoms with Gasteiger partial charge in [0, 0.05) is 6.54 Å². The summed E-state index contributed by atoms with van der Waals surface area (Å²) in [5.74, 6) is -0.537. The van der Waals surface area contributed by atoms with Crippen LogP contribution in [0.5, 0.6) is 0 Å². The second kappa shape index (κ2) is 7.78. The molecule has 1 heterocycles. The Hall–Kier alpha value is -1.88. The first-order valence-corrected chi connectivity index (χ1v) is 7.38. The molecular formula is C16H22N2O3. The molecule has 1 aliphatic heterocycles. The van der Waals surface area contributed by atoms with E-state index in [0.717, 1.165) is 24.9 Å². The number of benzene rings is 1. The van der Waals surface area contributed by atoms with Crippen LogP contribution in [0.3, 0.4) is 0 Å². The molecule has 1 saturated heterocycles. The van der Waals surface area contributed by atoms with E-state index in [-0.39, 0.29) is 18.4 Å². The normalized spacial score (nSPS) is 19.6. The van der Waals surface area contributed by atoms with E-state index in [1.807, 2.05) is 30.3 Å². The van der Waals surface area contributed by atoms with Crippen LogP contribution >= 0.6 is 0 Å². The fourth-order valence-corrected chi connectivity index (χ4v) is 2.32. The van der Waals surface area contributed by atoms with Gasteiger partial charge < -0.3 is 15.4 Å².